The lowest BCUT2D eigenvalue weighted by molar-refractivity contribution is -0.123. The third-order valence-corrected chi connectivity index (χ3v) is 3.95. The van der Waals surface area contributed by atoms with Gasteiger partial charge in [0.05, 0.1) is 0 Å². The summed E-state index contributed by atoms with van der Waals surface area (Å²) >= 11 is 3.38. The summed E-state index contributed by atoms with van der Waals surface area (Å²) in [5, 5.41) is 0. The van der Waals surface area contributed by atoms with Gasteiger partial charge in [-0.05, 0) is 48.2 Å². The fourth-order valence-corrected chi connectivity index (χ4v) is 3.00. The molecule has 6 heteroatoms. The molecule has 2 N–H and O–H groups in total. The van der Waals surface area contributed by atoms with Crippen LogP contribution >= 0.6 is 15.9 Å². The van der Waals surface area contributed by atoms with Gasteiger partial charge in [-0.2, -0.15) is 0 Å². The van der Waals surface area contributed by atoms with E-state index in [0.29, 0.717) is 25.2 Å². The minimum Gasteiger partial charge on any atom is -0.368 e. The average Bonchev–Trinajstić information content (AvgIpc) is 2.79. The lowest BCUT2D eigenvalue weighted by Gasteiger charge is -2.33. The summed E-state index contributed by atoms with van der Waals surface area (Å²) in [5.41, 5.74) is 6.00. The molecule has 0 spiro atoms. The summed E-state index contributed by atoms with van der Waals surface area (Å²) < 4.78 is 2.74. The largest absolute Gasteiger partial charge is 0.368 e. The van der Waals surface area contributed by atoms with Gasteiger partial charge in [0.25, 0.3) is 5.91 Å². The second-order valence-electron chi connectivity index (χ2n) is 4.74. The Labute approximate surface area is 120 Å². The minimum atomic E-state index is -0.472. The zero-order valence-corrected chi connectivity index (χ0v) is 12.5. The maximum Gasteiger partial charge on any atom is 0.271 e. The topological polar surface area (TPSA) is 68.3 Å². The molecule has 2 rings (SSSR count). The maximum atomic E-state index is 12.6. The van der Waals surface area contributed by atoms with Crippen molar-refractivity contribution in [3.05, 3.63) is 22.4 Å². The van der Waals surface area contributed by atoms with E-state index in [1.807, 2.05) is 17.7 Å². The van der Waals surface area contributed by atoms with E-state index < -0.39 is 11.9 Å². The quantitative estimate of drug-likeness (QED) is 0.918. The van der Waals surface area contributed by atoms with Crippen LogP contribution in [-0.2, 0) is 11.3 Å². The predicted octanol–water partition coefficient (Wildman–Crippen LogP) is 1.75. The maximum absolute atomic E-state index is 12.6. The van der Waals surface area contributed by atoms with Crippen LogP contribution in [0.15, 0.2) is 16.7 Å². The summed E-state index contributed by atoms with van der Waals surface area (Å²) in [6, 6.07) is 1.32. The molecule has 104 valence electrons. The summed E-state index contributed by atoms with van der Waals surface area (Å²) in [6.45, 7) is 3.28. The Hall–Kier alpha value is -1.30. The van der Waals surface area contributed by atoms with Crippen LogP contribution in [0.1, 0.15) is 36.7 Å². The Balaban J connectivity index is 2.28. The highest BCUT2D eigenvalue weighted by atomic mass is 79.9. The second-order valence-corrected chi connectivity index (χ2v) is 5.66. The van der Waals surface area contributed by atoms with E-state index in [-0.39, 0.29) is 5.91 Å². The number of nitrogens with zero attached hydrogens (tertiary/aromatic N) is 2. The zero-order valence-electron chi connectivity index (χ0n) is 10.9. The minimum absolute atomic E-state index is 0.115. The molecule has 0 bridgehead atoms. The van der Waals surface area contributed by atoms with Crippen molar-refractivity contribution < 1.29 is 9.59 Å². The molecule has 1 aliphatic rings. The highest BCUT2D eigenvalue weighted by Crippen LogP contribution is 2.22. The van der Waals surface area contributed by atoms with Crippen molar-refractivity contribution in [1.82, 2.24) is 9.47 Å². The van der Waals surface area contributed by atoms with Crippen LogP contribution in [0, 0.1) is 0 Å². The van der Waals surface area contributed by atoms with E-state index in [0.717, 1.165) is 17.3 Å². The monoisotopic (exact) mass is 327 g/mol. The number of carbonyl (C=O) groups excluding carboxylic acids is 2. The van der Waals surface area contributed by atoms with Gasteiger partial charge in [-0.25, -0.2) is 0 Å². The molecule has 5 nitrogen and oxygen atoms in total. The molecule has 0 saturated carbocycles. The number of aromatic nitrogens is 1. The molecule has 2 heterocycles. The summed E-state index contributed by atoms with van der Waals surface area (Å²) in [4.78, 5) is 25.7. The third-order valence-electron chi connectivity index (χ3n) is 3.52. The number of aryl methyl sites for hydroxylation is 1. The third kappa shape index (κ3) is 2.83. The van der Waals surface area contributed by atoms with E-state index in [2.05, 4.69) is 15.9 Å². The number of amides is 2. The summed E-state index contributed by atoms with van der Waals surface area (Å²) in [6.07, 6.45) is 4.39. The van der Waals surface area contributed by atoms with Crippen molar-refractivity contribution in [3.8, 4) is 0 Å². The lowest BCUT2D eigenvalue weighted by Crippen LogP contribution is -2.50. The first-order chi connectivity index (χ1) is 9.04. The van der Waals surface area contributed by atoms with Gasteiger partial charge in [-0.15, -0.1) is 0 Å². The molecular weight excluding hydrogens is 310 g/mol. The first kappa shape index (κ1) is 14.1. The van der Waals surface area contributed by atoms with E-state index in [1.165, 1.54) is 0 Å². The van der Waals surface area contributed by atoms with E-state index in [1.54, 1.807) is 11.0 Å². The van der Waals surface area contributed by atoms with Gasteiger partial charge in [0, 0.05) is 23.8 Å². The molecule has 2 amide bonds. The second kappa shape index (κ2) is 5.77. The zero-order chi connectivity index (χ0) is 14.0. The van der Waals surface area contributed by atoms with Gasteiger partial charge in [0.2, 0.25) is 5.91 Å². The number of hydrogen-bond donors (Lipinski definition) is 1. The van der Waals surface area contributed by atoms with E-state index in [4.69, 9.17) is 5.73 Å². The van der Waals surface area contributed by atoms with Gasteiger partial charge in [-0.1, -0.05) is 0 Å². The summed E-state index contributed by atoms with van der Waals surface area (Å²) in [7, 11) is 0. The fraction of sp³-hybridized carbons (Fsp3) is 0.538. The number of halogens is 1. The van der Waals surface area contributed by atoms with Crippen molar-refractivity contribution in [3.63, 3.8) is 0 Å². The van der Waals surface area contributed by atoms with Gasteiger partial charge in [0.1, 0.15) is 11.7 Å². The lowest BCUT2D eigenvalue weighted by atomic mass is 10.0. The van der Waals surface area contributed by atoms with Gasteiger partial charge in [0.15, 0.2) is 0 Å². The van der Waals surface area contributed by atoms with Gasteiger partial charge < -0.3 is 15.2 Å². The number of nitrogens with two attached hydrogens (primary N) is 1. The van der Waals surface area contributed by atoms with Crippen LogP contribution in [0.5, 0.6) is 0 Å². The number of primary amides is 1. The van der Waals surface area contributed by atoms with Crippen molar-refractivity contribution in [2.75, 3.05) is 6.54 Å². The van der Waals surface area contributed by atoms with Crippen molar-refractivity contribution in [2.45, 2.75) is 38.8 Å². The smallest absolute Gasteiger partial charge is 0.271 e. The molecule has 1 aliphatic heterocycles. The molecule has 1 fully saturated rings. The highest BCUT2D eigenvalue weighted by molar-refractivity contribution is 9.10. The molecule has 19 heavy (non-hydrogen) atoms. The van der Waals surface area contributed by atoms with Crippen molar-refractivity contribution in [2.24, 2.45) is 5.73 Å². The summed E-state index contributed by atoms with van der Waals surface area (Å²) in [5.74, 6) is -0.530. The van der Waals surface area contributed by atoms with Gasteiger partial charge in [-0.3, -0.25) is 9.59 Å². The van der Waals surface area contributed by atoms with E-state index in [9.17, 15) is 9.59 Å². The molecule has 1 aromatic rings. The standard InChI is InChI=1S/C13H18BrN3O2/c1-2-16-8-9(14)7-11(16)13(19)17-6-4-3-5-10(17)12(15)18/h7-8,10H,2-6H2,1H3,(H2,15,18). The normalized spacial score (nSPS) is 19.5. The highest BCUT2D eigenvalue weighted by Gasteiger charge is 2.32. The number of likely N-dealkylation sites (tertiary alicyclic amines) is 1. The Morgan fingerprint density at radius 3 is 2.84 bits per heavy atom. The van der Waals surface area contributed by atoms with Crippen LogP contribution in [0.3, 0.4) is 0 Å². The Morgan fingerprint density at radius 1 is 1.47 bits per heavy atom. The first-order valence-corrected chi connectivity index (χ1v) is 7.30. The molecular formula is C13H18BrN3O2. The Kier molecular flexibility index (Phi) is 4.29. The molecule has 0 radical (unpaired) electrons. The molecule has 1 unspecified atom stereocenters. The molecule has 1 aromatic heterocycles. The van der Waals surface area contributed by atoms with Crippen molar-refractivity contribution >= 4 is 27.7 Å². The molecule has 1 saturated heterocycles. The predicted molar refractivity (Wildman–Crippen MR) is 75.7 cm³/mol. The van der Waals surface area contributed by atoms with Crippen LogP contribution in [0.4, 0.5) is 0 Å². The number of hydrogen-bond acceptors (Lipinski definition) is 2. The van der Waals surface area contributed by atoms with E-state index >= 15 is 0 Å². The van der Waals surface area contributed by atoms with Crippen LogP contribution in [-0.4, -0.2) is 33.9 Å². The Bertz CT molecular complexity index is 498. The number of carbonyl (C=O) groups is 2. The molecule has 0 aliphatic carbocycles. The molecule has 0 aromatic carbocycles. The van der Waals surface area contributed by atoms with Crippen LogP contribution in [0.25, 0.3) is 0 Å². The van der Waals surface area contributed by atoms with Gasteiger partial charge >= 0.3 is 0 Å². The van der Waals surface area contributed by atoms with Crippen molar-refractivity contribution in [1.29, 1.82) is 0 Å². The average molecular weight is 328 g/mol. The van der Waals surface area contributed by atoms with Crippen LogP contribution in [0.2, 0.25) is 0 Å². The SMILES string of the molecule is CCn1cc(Br)cc1C(=O)N1CCCCC1C(N)=O. The number of rotatable bonds is 3. The fourth-order valence-electron chi connectivity index (χ4n) is 2.53. The Morgan fingerprint density at radius 2 is 2.21 bits per heavy atom. The molecule has 1 atom stereocenters. The number of piperidine rings is 1. The first-order valence-electron chi connectivity index (χ1n) is 6.50. The van der Waals surface area contributed by atoms with Crippen LogP contribution < -0.4 is 5.73 Å².